The van der Waals surface area contributed by atoms with Gasteiger partial charge in [-0.25, -0.2) is 0 Å². The van der Waals surface area contributed by atoms with E-state index in [-0.39, 0.29) is 0 Å². The molecule has 0 heterocycles. The molecule has 0 aromatic heterocycles. The largest absolute Gasteiger partial charge is 0.0839 e. The topological polar surface area (TPSA) is 0 Å². The molecule has 0 unspecified atom stereocenters. The van der Waals surface area contributed by atoms with Gasteiger partial charge in [0.2, 0.25) is 0 Å². The van der Waals surface area contributed by atoms with Crippen LogP contribution in [0.2, 0.25) is 0 Å². The molecule has 0 amide bonds. The highest BCUT2D eigenvalue weighted by Gasteiger charge is 2.12. The molecule has 2 aliphatic rings. The second-order valence-electron chi connectivity index (χ2n) is 3.16. The molecule has 0 bridgehead atoms. The maximum absolute atomic E-state index is 2.35. The summed E-state index contributed by atoms with van der Waals surface area (Å²) < 4.78 is 0. The van der Waals surface area contributed by atoms with Crippen LogP contribution in [-0.2, 0) is 0 Å². The lowest BCUT2D eigenvalue weighted by Crippen LogP contribution is -1.86. The summed E-state index contributed by atoms with van der Waals surface area (Å²) >= 11 is 0. The van der Waals surface area contributed by atoms with E-state index in [1.165, 1.54) is 24.8 Å². The van der Waals surface area contributed by atoms with Crippen LogP contribution in [0.4, 0.5) is 0 Å². The maximum Gasteiger partial charge on any atom is -0.00640 e. The molecule has 2 aliphatic carbocycles. The molecule has 0 radical (unpaired) electrons. The minimum atomic E-state index is 1.20. The Labute approximate surface area is 61.9 Å². The fourth-order valence-corrected chi connectivity index (χ4v) is 1.72. The summed E-state index contributed by atoms with van der Waals surface area (Å²) in [7, 11) is 0. The van der Waals surface area contributed by atoms with Crippen molar-refractivity contribution in [2.45, 2.75) is 26.2 Å². The van der Waals surface area contributed by atoms with Crippen molar-refractivity contribution in [1.82, 2.24) is 0 Å². The van der Waals surface area contributed by atoms with E-state index in [4.69, 9.17) is 0 Å². The molecule has 2 rings (SSSR count). The lowest BCUT2D eigenvalue weighted by Gasteiger charge is -2.05. The molecule has 0 nitrogen and oxygen atoms in total. The molecule has 0 fully saturated rings. The first-order valence-corrected chi connectivity index (χ1v) is 3.92. The highest BCUT2D eigenvalue weighted by atomic mass is 14.2. The SMILES string of the molecule is CC1=CC2=C(C=CCC2)C1. The van der Waals surface area contributed by atoms with Crippen LogP contribution in [0.1, 0.15) is 26.2 Å². The molecule has 0 spiro atoms. The van der Waals surface area contributed by atoms with Gasteiger partial charge in [0.25, 0.3) is 0 Å². The van der Waals surface area contributed by atoms with Gasteiger partial charge in [-0.2, -0.15) is 0 Å². The summed E-state index contributed by atoms with van der Waals surface area (Å²) in [4.78, 5) is 0. The molecule has 10 heavy (non-hydrogen) atoms. The van der Waals surface area contributed by atoms with Crippen molar-refractivity contribution in [3.05, 3.63) is 34.9 Å². The van der Waals surface area contributed by atoms with Crippen LogP contribution in [0.15, 0.2) is 34.9 Å². The molecule has 0 aromatic rings. The molecule has 0 aromatic carbocycles. The second kappa shape index (κ2) is 2.12. The van der Waals surface area contributed by atoms with E-state index >= 15 is 0 Å². The molecule has 0 aliphatic heterocycles. The summed E-state index contributed by atoms with van der Waals surface area (Å²) in [6.07, 6.45) is 10.6. The lowest BCUT2D eigenvalue weighted by molar-refractivity contribution is 0.971. The van der Waals surface area contributed by atoms with Gasteiger partial charge in [-0.1, -0.05) is 23.8 Å². The van der Waals surface area contributed by atoms with Crippen molar-refractivity contribution < 1.29 is 0 Å². The van der Waals surface area contributed by atoms with E-state index in [0.29, 0.717) is 0 Å². The highest BCUT2D eigenvalue weighted by Crippen LogP contribution is 2.31. The second-order valence-corrected chi connectivity index (χ2v) is 3.16. The van der Waals surface area contributed by atoms with Gasteiger partial charge >= 0.3 is 0 Å². The lowest BCUT2D eigenvalue weighted by atomic mass is 10.0. The van der Waals surface area contributed by atoms with Gasteiger partial charge in [0.05, 0.1) is 0 Å². The molecular formula is C10H12. The predicted molar refractivity (Wildman–Crippen MR) is 43.8 cm³/mol. The number of hydrogen-bond acceptors (Lipinski definition) is 0. The van der Waals surface area contributed by atoms with Crippen molar-refractivity contribution in [1.29, 1.82) is 0 Å². The normalized spacial score (nSPS) is 23.1. The van der Waals surface area contributed by atoms with E-state index in [2.05, 4.69) is 25.2 Å². The number of allylic oxidation sites excluding steroid dienone is 6. The molecule has 0 N–H and O–H groups in total. The van der Waals surface area contributed by atoms with Gasteiger partial charge in [-0.15, -0.1) is 0 Å². The third-order valence-electron chi connectivity index (χ3n) is 2.20. The Morgan fingerprint density at radius 2 is 2.20 bits per heavy atom. The predicted octanol–water partition coefficient (Wildman–Crippen LogP) is 2.98. The first-order valence-electron chi connectivity index (χ1n) is 3.92. The Morgan fingerprint density at radius 1 is 1.30 bits per heavy atom. The minimum absolute atomic E-state index is 1.20. The Morgan fingerprint density at radius 3 is 3.00 bits per heavy atom. The third kappa shape index (κ3) is 0.841. The minimum Gasteiger partial charge on any atom is -0.0839 e. The van der Waals surface area contributed by atoms with E-state index in [1.807, 2.05) is 0 Å². The molecule has 0 heteroatoms. The summed E-state index contributed by atoms with van der Waals surface area (Å²) in [5.41, 5.74) is 4.67. The monoisotopic (exact) mass is 132 g/mol. The Hall–Kier alpha value is -0.780. The van der Waals surface area contributed by atoms with Crippen LogP contribution in [0.25, 0.3) is 0 Å². The van der Waals surface area contributed by atoms with Crippen molar-refractivity contribution in [3.63, 3.8) is 0 Å². The standard InChI is InChI=1S/C10H12/c1-8-6-9-4-2-3-5-10(9)7-8/h2,4,7H,3,5-6H2,1H3. The molecule has 0 atom stereocenters. The smallest absolute Gasteiger partial charge is 0.00640 e. The molecule has 52 valence electrons. The first kappa shape index (κ1) is 5.96. The number of hydrogen-bond donors (Lipinski definition) is 0. The van der Waals surface area contributed by atoms with Gasteiger partial charge < -0.3 is 0 Å². The fraction of sp³-hybridized carbons (Fsp3) is 0.400. The van der Waals surface area contributed by atoms with Gasteiger partial charge in [-0.05, 0) is 37.3 Å². The van der Waals surface area contributed by atoms with Crippen LogP contribution in [0, 0.1) is 0 Å². The maximum atomic E-state index is 2.35. The van der Waals surface area contributed by atoms with E-state index < -0.39 is 0 Å². The van der Waals surface area contributed by atoms with Crippen molar-refractivity contribution in [2.75, 3.05) is 0 Å². The van der Waals surface area contributed by atoms with Crippen LogP contribution in [-0.4, -0.2) is 0 Å². The third-order valence-corrected chi connectivity index (χ3v) is 2.20. The van der Waals surface area contributed by atoms with Gasteiger partial charge in [-0.3, -0.25) is 0 Å². The van der Waals surface area contributed by atoms with Crippen LogP contribution < -0.4 is 0 Å². The quantitative estimate of drug-likeness (QED) is 0.475. The zero-order valence-electron chi connectivity index (χ0n) is 6.35. The highest BCUT2D eigenvalue weighted by molar-refractivity contribution is 5.45. The van der Waals surface area contributed by atoms with Gasteiger partial charge in [0.1, 0.15) is 0 Å². The summed E-state index contributed by atoms with van der Waals surface area (Å²) in [6, 6.07) is 0. The van der Waals surface area contributed by atoms with E-state index in [1.54, 1.807) is 11.1 Å². The van der Waals surface area contributed by atoms with Crippen molar-refractivity contribution in [2.24, 2.45) is 0 Å². The first-order chi connectivity index (χ1) is 4.86. The molecular weight excluding hydrogens is 120 g/mol. The molecule has 0 saturated heterocycles. The number of rotatable bonds is 0. The van der Waals surface area contributed by atoms with Gasteiger partial charge in [0, 0.05) is 0 Å². The fourth-order valence-electron chi connectivity index (χ4n) is 1.72. The zero-order chi connectivity index (χ0) is 6.97. The summed E-state index contributed by atoms with van der Waals surface area (Å²) in [5.74, 6) is 0. The average Bonchev–Trinajstić information content (AvgIpc) is 2.27. The van der Waals surface area contributed by atoms with Crippen molar-refractivity contribution >= 4 is 0 Å². The Bertz CT molecular complexity index is 239. The van der Waals surface area contributed by atoms with E-state index in [0.717, 1.165) is 0 Å². The summed E-state index contributed by atoms with van der Waals surface area (Å²) in [5, 5.41) is 0. The average molecular weight is 132 g/mol. The van der Waals surface area contributed by atoms with Crippen molar-refractivity contribution in [3.8, 4) is 0 Å². The van der Waals surface area contributed by atoms with Crippen LogP contribution in [0.5, 0.6) is 0 Å². The van der Waals surface area contributed by atoms with Crippen LogP contribution >= 0.6 is 0 Å². The van der Waals surface area contributed by atoms with Crippen LogP contribution in [0.3, 0.4) is 0 Å². The Balaban J connectivity index is 2.31. The zero-order valence-corrected chi connectivity index (χ0v) is 6.35. The van der Waals surface area contributed by atoms with Gasteiger partial charge in [0.15, 0.2) is 0 Å². The Kier molecular flexibility index (Phi) is 1.26. The summed E-state index contributed by atoms with van der Waals surface area (Å²) in [6.45, 7) is 2.21. The molecule has 0 saturated carbocycles. The van der Waals surface area contributed by atoms with E-state index in [9.17, 15) is 0 Å².